The second-order valence-electron chi connectivity index (χ2n) is 4.77. The highest BCUT2D eigenvalue weighted by molar-refractivity contribution is 5.84. The van der Waals surface area contributed by atoms with Gasteiger partial charge in [-0.1, -0.05) is 62.8 Å². The molecule has 1 rings (SSSR count). The van der Waals surface area contributed by atoms with Crippen LogP contribution in [0.2, 0.25) is 0 Å². The number of ether oxygens (including phenoxy) is 1. The molecule has 0 atom stereocenters. The standard InChI is InChI=1S/C21H22N4O2/c1-5-9-11-13-17(8-4)24-19-15-20(23-16-22-19)25-21(26)27-18(12-7-3)14-10-6-2/h5-16H,1-4H2,(H2,22,23,24,25,26)/b11-9-,14-10-,17-13+,18-12+. The van der Waals surface area contributed by atoms with E-state index in [2.05, 4.69) is 46.9 Å². The van der Waals surface area contributed by atoms with Gasteiger partial charge in [-0.25, -0.2) is 14.8 Å². The van der Waals surface area contributed by atoms with Crippen molar-refractivity contribution in [2.45, 2.75) is 0 Å². The van der Waals surface area contributed by atoms with Crippen molar-refractivity contribution in [1.29, 1.82) is 0 Å². The molecule has 0 fully saturated rings. The van der Waals surface area contributed by atoms with Gasteiger partial charge in [-0.3, -0.25) is 5.32 Å². The molecule has 0 aromatic carbocycles. The van der Waals surface area contributed by atoms with Crippen molar-refractivity contribution in [3.63, 3.8) is 0 Å². The molecule has 1 amide bonds. The summed E-state index contributed by atoms with van der Waals surface area (Å²) < 4.78 is 5.18. The molecule has 2 N–H and O–H groups in total. The number of anilines is 2. The van der Waals surface area contributed by atoms with Crippen LogP contribution in [0.25, 0.3) is 0 Å². The molecule has 0 aliphatic rings. The normalized spacial score (nSPS) is 11.9. The maximum Gasteiger partial charge on any atom is 0.418 e. The summed E-state index contributed by atoms with van der Waals surface area (Å²) in [6, 6.07) is 1.56. The molecule has 1 heterocycles. The molecule has 1 aromatic rings. The van der Waals surface area contributed by atoms with Gasteiger partial charge in [0.2, 0.25) is 0 Å². The second-order valence-corrected chi connectivity index (χ2v) is 4.77. The Morgan fingerprint density at radius 1 is 0.926 bits per heavy atom. The van der Waals surface area contributed by atoms with E-state index in [1.807, 2.05) is 0 Å². The quantitative estimate of drug-likeness (QED) is 0.449. The molecular weight excluding hydrogens is 340 g/mol. The van der Waals surface area contributed by atoms with Crippen LogP contribution in [0, 0.1) is 0 Å². The maximum atomic E-state index is 12.0. The number of nitrogens with zero attached hydrogens (tertiary/aromatic N) is 2. The lowest BCUT2D eigenvalue weighted by Crippen LogP contribution is -2.14. The molecule has 0 aliphatic heterocycles. The van der Waals surface area contributed by atoms with Crippen LogP contribution in [0.5, 0.6) is 0 Å². The SMILES string of the molecule is C=C/C=C\C=C(/C=C)Nc1cc(NC(=O)OC(/C=C\C=C)=C/C=C)ncn1. The summed E-state index contributed by atoms with van der Waals surface area (Å²) in [4.78, 5) is 20.1. The molecule has 0 saturated heterocycles. The lowest BCUT2D eigenvalue weighted by molar-refractivity contribution is 0.194. The van der Waals surface area contributed by atoms with Crippen LogP contribution in [-0.2, 0) is 4.74 Å². The summed E-state index contributed by atoms with van der Waals surface area (Å²) in [6.45, 7) is 14.5. The third-order valence-corrected chi connectivity index (χ3v) is 2.80. The van der Waals surface area contributed by atoms with Gasteiger partial charge in [0.1, 0.15) is 23.7 Å². The number of amides is 1. The van der Waals surface area contributed by atoms with Gasteiger partial charge in [0.25, 0.3) is 0 Å². The van der Waals surface area contributed by atoms with Crippen molar-refractivity contribution in [3.05, 3.63) is 111 Å². The Kier molecular flexibility index (Phi) is 9.72. The van der Waals surface area contributed by atoms with Gasteiger partial charge >= 0.3 is 6.09 Å². The van der Waals surface area contributed by atoms with E-state index in [0.717, 1.165) is 0 Å². The highest BCUT2D eigenvalue weighted by Crippen LogP contribution is 2.13. The van der Waals surface area contributed by atoms with Gasteiger partial charge in [-0.2, -0.15) is 0 Å². The van der Waals surface area contributed by atoms with E-state index in [1.165, 1.54) is 12.4 Å². The third-order valence-electron chi connectivity index (χ3n) is 2.80. The van der Waals surface area contributed by atoms with E-state index in [-0.39, 0.29) is 5.82 Å². The van der Waals surface area contributed by atoms with E-state index in [4.69, 9.17) is 4.74 Å². The van der Waals surface area contributed by atoms with Crippen molar-refractivity contribution in [2.75, 3.05) is 10.6 Å². The Hall–Kier alpha value is -3.93. The zero-order valence-electron chi connectivity index (χ0n) is 15.0. The van der Waals surface area contributed by atoms with Crippen LogP contribution in [-0.4, -0.2) is 16.1 Å². The summed E-state index contributed by atoms with van der Waals surface area (Å²) in [7, 11) is 0. The average Bonchev–Trinajstić information content (AvgIpc) is 2.66. The largest absolute Gasteiger partial charge is 0.418 e. The first-order valence-electron chi connectivity index (χ1n) is 7.94. The fourth-order valence-electron chi connectivity index (χ4n) is 1.68. The molecule has 0 spiro atoms. The van der Waals surface area contributed by atoms with Crippen LogP contribution in [0.4, 0.5) is 16.4 Å². The molecule has 1 aromatic heterocycles. The number of allylic oxidation sites excluding steroid dienone is 10. The van der Waals surface area contributed by atoms with Crippen molar-refractivity contribution >= 4 is 17.7 Å². The number of hydrogen-bond acceptors (Lipinski definition) is 5. The van der Waals surface area contributed by atoms with Gasteiger partial charge in [-0.05, 0) is 24.3 Å². The molecule has 0 bridgehead atoms. The smallest absolute Gasteiger partial charge is 0.410 e. The second kappa shape index (κ2) is 12.4. The van der Waals surface area contributed by atoms with Crippen LogP contribution in [0.3, 0.4) is 0 Å². The zero-order valence-corrected chi connectivity index (χ0v) is 15.0. The summed E-state index contributed by atoms with van der Waals surface area (Å²) in [5.74, 6) is 1.06. The Labute approximate surface area is 159 Å². The average molecular weight is 362 g/mol. The topological polar surface area (TPSA) is 76.1 Å². The van der Waals surface area contributed by atoms with Gasteiger partial charge in [-0.15, -0.1) is 0 Å². The van der Waals surface area contributed by atoms with Gasteiger partial charge in [0, 0.05) is 11.8 Å². The van der Waals surface area contributed by atoms with E-state index in [1.54, 1.807) is 60.8 Å². The highest BCUT2D eigenvalue weighted by atomic mass is 16.6. The van der Waals surface area contributed by atoms with Crippen molar-refractivity contribution in [2.24, 2.45) is 0 Å². The minimum absolute atomic E-state index is 0.271. The number of aromatic nitrogens is 2. The Balaban J connectivity index is 2.82. The summed E-state index contributed by atoms with van der Waals surface area (Å²) in [5, 5.41) is 5.59. The molecule has 0 radical (unpaired) electrons. The van der Waals surface area contributed by atoms with Crippen molar-refractivity contribution < 1.29 is 9.53 Å². The van der Waals surface area contributed by atoms with Gasteiger partial charge < -0.3 is 10.1 Å². The first kappa shape index (κ1) is 21.1. The molecule has 6 nitrogen and oxygen atoms in total. The molecule has 0 unspecified atom stereocenters. The summed E-state index contributed by atoms with van der Waals surface area (Å²) >= 11 is 0. The first-order valence-corrected chi connectivity index (χ1v) is 7.94. The molecule has 6 heteroatoms. The van der Waals surface area contributed by atoms with Crippen LogP contribution >= 0.6 is 0 Å². The molecule has 138 valence electrons. The number of carbonyl (C=O) groups is 1. The number of rotatable bonds is 10. The van der Waals surface area contributed by atoms with E-state index in [0.29, 0.717) is 17.3 Å². The first-order chi connectivity index (χ1) is 13.1. The predicted molar refractivity (Wildman–Crippen MR) is 111 cm³/mol. The minimum Gasteiger partial charge on any atom is -0.410 e. The van der Waals surface area contributed by atoms with Gasteiger partial charge in [0.05, 0.1) is 0 Å². The van der Waals surface area contributed by atoms with E-state index >= 15 is 0 Å². The van der Waals surface area contributed by atoms with E-state index in [9.17, 15) is 4.79 Å². The minimum atomic E-state index is -0.699. The monoisotopic (exact) mass is 362 g/mol. The number of hydrogen-bond donors (Lipinski definition) is 2. The van der Waals surface area contributed by atoms with Crippen molar-refractivity contribution in [1.82, 2.24) is 9.97 Å². The Morgan fingerprint density at radius 2 is 1.63 bits per heavy atom. The predicted octanol–water partition coefficient (Wildman–Crippen LogP) is 5.06. The van der Waals surface area contributed by atoms with Gasteiger partial charge in [0.15, 0.2) is 0 Å². The maximum absolute atomic E-state index is 12.0. The molecule has 0 saturated carbocycles. The fourth-order valence-corrected chi connectivity index (χ4v) is 1.68. The van der Waals surface area contributed by atoms with E-state index < -0.39 is 6.09 Å². The Morgan fingerprint density at radius 3 is 2.26 bits per heavy atom. The highest BCUT2D eigenvalue weighted by Gasteiger charge is 2.07. The summed E-state index contributed by atoms with van der Waals surface area (Å²) in [6.07, 6.45) is 17.1. The van der Waals surface area contributed by atoms with Crippen LogP contribution < -0.4 is 10.6 Å². The molecular formula is C21H22N4O2. The zero-order chi connectivity index (χ0) is 19.9. The number of nitrogens with one attached hydrogen (secondary N) is 2. The van der Waals surface area contributed by atoms with Crippen molar-refractivity contribution in [3.8, 4) is 0 Å². The lowest BCUT2D eigenvalue weighted by atomic mass is 10.3. The third kappa shape index (κ3) is 8.64. The molecule has 27 heavy (non-hydrogen) atoms. The van der Waals surface area contributed by atoms with Crippen LogP contribution in [0.15, 0.2) is 111 Å². The summed E-state index contributed by atoms with van der Waals surface area (Å²) in [5.41, 5.74) is 0.714. The van der Waals surface area contributed by atoms with Crippen LogP contribution in [0.1, 0.15) is 0 Å². The lowest BCUT2D eigenvalue weighted by Gasteiger charge is -2.09. The fraction of sp³-hybridized carbons (Fsp3) is 0. The Bertz CT molecular complexity index is 817. The molecule has 0 aliphatic carbocycles. The number of carbonyl (C=O) groups excluding carboxylic acids is 1.